The van der Waals surface area contributed by atoms with Gasteiger partial charge in [-0.25, -0.2) is 8.78 Å². The van der Waals surface area contributed by atoms with Crippen LogP contribution < -0.4 is 0 Å². The second-order valence-corrected chi connectivity index (χ2v) is 3.74. The number of fused-ring (bicyclic) bond motifs is 1. The number of hydrogen-bond acceptors (Lipinski definition) is 1. The first kappa shape index (κ1) is 12.5. The number of benzene rings is 1. The molecule has 1 heterocycles. The van der Waals surface area contributed by atoms with Gasteiger partial charge in [-0.1, -0.05) is 0 Å². The Morgan fingerprint density at radius 1 is 1.17 bits per heavy atom. The lowest BCUT2D eigenvalue weighted by Crippen LogP contribution is -2.24. The van der Waals surface area contributed by atoms with E-state index in [1.54, 1.807) is 0 Å². The molecule has 7 heteroatoms. The van der Waals surface area contributed by atoms with Crippen molar-refractivity contribution in [3.05, 3.63) is 35.5 Å². The van der Waals surface area contributed by atoms with Gasteiger partial charge in [-0.2, -0.15) is 13.2 Å². The number of rotatable bonds is 1. The summed E-state index contributed by atoms with van der Waals surface area (Å²) in [5.41, 5.74) is -0.845. The van der Waals surface area contributed by atoms with E-state index in [0.29, 0.717) is 6.07 Å². The molecule has 0 saturated carbocycles. The van der Waals surface area contributed by atoms with Crippen LogP contribution in [0, 0.1) is 11.6 Å². The third kappa shape index (κ3) is 1.85. The van der Waals surface area contributed by atoms with Gasteiger partial charge in [0.05, 0.1) is 11.2 Å². The molecule has 0 aliphatic rings. The molecule has 18 heavy (non-hydrogen) atoms. The number of nitrogens with zero attached hydrogens (tertiary/aromatic N) is 1. The number of carbonyl (C=O) groups is 1. The summed E-state index contributed by atoms with van der Waals surface area (Å²) >= 11 is 0. The van der Waals surface area contributed by atoms with Gasteiger partial charge in [0.1, 0.15) is 11.6 Å². The van der Waals surface area contributed by atoms with Crippen LogP contribution in [0.4, 0.5) is 22.0 Å². The molecule has 0 aliphatic carbocycles. The van der Waals surface area contributed by atoms with E-state index in [-0.39, 0.29) is 10.9 Å². The molecule has 1 aromatic heterocycles. The highest BCUT2D eigenvalue weighted by Gasteiger charge is 2.41. The molecule has 2 nitrogen and oxygen atoms in total. The fourth-order valence-electron chi connectivity index (χ4n) is 1.72. The van der Waals surface area contributed by atoms with Crippen molar-refractivity contribution in [3.8, 4) is 0 Å². The second-order valence-electron chi connectivity index (χ2n) is 3.74. The van der Waals surface area contributed by atoms with Gasteiger partial charge in [0.2, 0.25) is 0 Å². The summed E-state index contributed by atoms with van der Waals surface area (Å²) in [5.74, 6) is -4.03. The molecule has 2 rings (SSSR count). The quantitative estimate of drug-likeness (QED) is 0.572. The van der Waals surface area contributed by atoms with E-state index in [9.17, 15) is 26.7 Å². The van der Waals surface area contributed by atoms with Crippen molar-refractivity contribution in [3.63, 3.8) is 0 Å². The van der Waals surface area contributed by atoms with E-state index in [1.807, 2.05) is 0 Å². The molecule has 0 N–H and O–H groups in total. The minimum absolute atomic E-state index is 0.111. The number of ketones is 1. The molecule has 2 aromatic rings. The molecule has 0 saturated heterocycles. The fraction of sp³-hybridized carbons (Fsp3) is 0.182. The third-order valence-corrected chi connectivity index (χ3v) is 2.57. The first-order valence-electron chi connectivity index (χ1n) is 4.78. The molecule has 0 aliphatic heterocycles. The van der Waals surface area contributed by atoms with E-state index in [0.717, 1.165) is 23.7 Å². The molecule has 96 valence electrons. The number of carbonyl (C=O) groups excluding carboxylic acids is 1. The molecule has 0 amide bonds. The zero-order valence-electron chi connectivity index (χ0n) is 8.98. The summed E-state index contributed by atoms with van der Waals surface area (Å²) in [7, 11) is 1.14. The summed E-state index contributed by atoms with van der Waals surface area (Å²) in [6.07, 6.45) is -5.06. The van der Waals surface area contributed by atoms with Crippen molar-refractivity contribution in [2.45, 2.75) is 6.18 Å². The monoisotopic (exact) mass is 263 g/mol. The SMILES string of the molecule is Cn1c(C(=O)C(F)(F)F)cc2c(F)cc(F)cc21. The molecule has 0 bridgehead atoms. The smallest absolute Gasteiger partial charge is 0.341 e. The van der Waals surface area contributed by atoms with E-state index in [2.05, 4.69) is 0 Å². The normalized spacial score (nSPS) is 12.1. The van der Waals surface area contributed by atoms with Crippen molar-refractivity contribution in [1.82, 2.24) is 4.57 Å². The molecular formula is C11H6F5NO. The summed E-state index contributed by atoms with van der Waals surface area (Å²) in [5, 5.41) is -0.230. The van der Waals surface area contributed by atoms with E-state index < -0.39 is 29.3 Å². The van der Waals surface area contributed by atoms with Gasteiger partial charge < -0.3 is 4.57 Å². The van der Waals surface area contributed by atoms with Crippen molar-refractivity contribution in [1.29, 1.82) is 0 Å². The summed E-state index contributed by atoms with van der Waals surface area (Å²) in [6, 6.07) is 2.18. The minimum Gasteiger partial charge on any atom is -0.341 e. The Balaban J connectivity index is 2.72. The van der Waals surface area contributed by atoms with Crippen LogP contribution in [0.25, 0.3) is 10.9 Å². The Labute approximate surface area is 97.6 Å². The lowest BCUT2D eigenvalue weighted by molar-refractivity contribution is -0.0889. The van der Waals surface area contributed by atoms with Crippen LogP contribution in [0.15, 0.2) is 18.2 Å². The van der Waals surface area contributed by atoms with Crippen molar-refractivity contribution >= 4 is 16.7 Å². The maximum absolute atomic E-state index is 13.4. The van der Waals surface area contributed by atoms with Crippen molar-refractivity contribution in [2.75, 3.05) is 0 Å². The Morgan fingerprint density at radius 3 is 2.33 bits per heavy atom. The van der Waals surface area contributed by atoms with Crippen LogP contribution >= 0.6 is 0 Å². The number of Topliss-reactive ketones (excluding diaryl/α,β-unsaturated/α-hetero) is 1. The highest BCUT2D eigenvalue weighted by atomic mass is 19.4. The summed E-state index contributed by atoms with van der Waals surface area (Å²) < 4.78 is 64.0. The van der Waals surface area contributed by atoms with Gasteiger partial charge in [0, 0.05) is 18.5 Å². The maximum atomic E-state index is 13.4. The van der Waals surface area contributed by atoms with Crippen LogP contribution in [-0.4, -0.2) is 16.5 Å². The molecule has 1 aromatic carbocycles. The molecular weight excluding hydrogens is 257 g/mol. The lowest BCUT2D eigenvalue weighted by Gasteiger charge is -2.06. The first-order valence-corrected chi connectivity index (χ1v) is 4.78. The summed E-state index contributed by atoms with van der Waals surface area (Å²) in [4.78, 5) is 11.1. The minimum atomic E-state index is -5.06. The molecule has 0 unspecified atom stereocenters. The predicted molar refractivity (Wildman–Crippen MR) is 53.2 cm³/mol. The topological polar surface area (TPSA) is 22.0 Å². The first-order chi connectivity index (χ1) is 8.21. The van der Waals surface area contributed by atoms with Gasteiger partial charge in [0.25, 0.3) is 5.78 Å². The number of aryl methyl sites for hydroxylation is 1. The van der Waals surface area contributed by atoms with Crippen molar-refractivity contribution < 1.29 is 26.7 Å². The molecule has 0 radical (unpaired) electrons. The van der Waals surface area contributed by atoms with Gasteiger partial charge in [-0.3, -0.25) is 4.79 Å². The van der Waals surface area contributed by atoms with Crippen LogP contribution in [0.5, 0.6) is 0 Å². The average molecular weight is 263 g/mol. The van der Waals surface area contributed by atoms with Gasteiger partial charge in [-0.15, -0.1) is 0 Å². The Bertz CT molecular complexity index is 641. The van der Waals surface area contributed by atoms with Gasteiger partial charge in [-0.05, 0) is 12.1 Å². The van der Waals surface area contributed by atoms with Crippen LogP contribution in [0.2, 0.25) is 0 Å². The maximum Gasteiger partial charge on any atom is 0.456 e. The molecule has 0 fully saturated rings. The average Bonchev–Trinajstić information content (AvgIpc) is 2.54. The van der Waals surface area contributed by atoms with Crippen molar-refractivity contribution in [2.24, 2.45) is 7.05 Å². The van der Waals surface area contributed by atoms with Crippen LogP contribution in [0.1, 0.15) is 10.5 Å². The fourth-order valence-corrected chi connectivity index (χ4v) is 1.72. The largest absolute Gasteiger partial charge is 0.456 e. The Kier molecular flexibility index (Phi) is 2.64. The molecule has 0 spiro atoms. The molecule has 0 atom stereocenters. The zero-order valence-corrected chi connectivity index (χ0v) is 8.98. The van der Waals surface area contributed by atoms with Gasteiger partial charge >= 0.3 is 6.18 Å². The highest BCUT2D eigenvalue weighted by molar-refractivity contribution is 6.03. The number of alkyl halides is 3. The Morgan fingerprint density at radius 2 is 1.78 bits per heavy atom. The van der Waals surface area contributed by atoms with E-state index in [1.165, 1.54) is 0 Å². The standard InChI is InChI=1S/C11H6F5NO/c1-17-8-3-5(12)2-7(13)6(8)4-9(17)10(18)11(14,15)16/h2-4H,1H3. The predicted octanol–water partition coefficient (Wildman–Crippen LogP) is 3.20. The van der Waals surface area contributed by atoms with Crippen LogP contribution in [0.3, 0.4) is 0 Å². The number of hydrogen-bond donors (Lipinski definition) is 0. The lowest BCUT2D eigenvalue weighted by atomic mass is 10.2. The summed E-state index contributed by atoms with van der Waals surface area (Å²) in [6.45, 7) is 0. The van der Waals surface area contributed by atoms with Crippen LogP contribution in [-0.2, 0) is 7.05 Å². The second kappa shape index (κ2) is 3.79. The zero-order chi connectivity index (χ0) is 13.7. The highest BCUT2D eigenvalue weighted by Crippen LogP contribution is 2.28. The van der Waals surface area contributed by atoms with E-state index in [4.69, 9.17) is 0 Å². The van der Waals surface area contributed by atoms with E-state index >= 15 is 0 Å². The number of halogens is 5. The Hall–Kier alpha value is -1.92. The third-order valence-electron chi connectivity index (χ3n) is 2.57. The number of aromatic nitrogens is 1. The van der Waals surface area contributed by atoms with Gasteiger partial charge in [0.15, 0.2) is 0 Å².